The molecule has 0 saturated heterocycles. The predicted octanol–water partition coefficient (Wildman–Crippen LogP) is 3.00. The molecule has 2 aromatic carbocycles. The Morgan fingerprint density at radius 3 is 1.84 bits per heavy atom. The summed E-state index contributed by atoms with van der Waals surface area (Å²) in [5.74, 6) is 6.72. The van der Waals surface area contributed by atoms with Crippen LogP contribution in [0.15, 0.2) is 48.5 Å². The van der Waals surface area contributed by atoms with Crippen LogP contribution in [0.1, 0.15) is 11.1 Å². The highest BCUT2D eigenvalue weighted by atomic mass is 16.6. The molecule has 0 spiro atoms. The summed E-state index contributed by atoms with van der Waals surface area (Å²) in [5, 5.41) is 10.5. The van der Waals surface area contributed by atoms with E-state index in [9.17, 15) is 10.1 Å². The van der Waals surface area contributed by atoms with Crippen LogP contribution in [-0.2, 0) is 0 Å². The Labute approximate surface area is 110 Å². The molecule has 4 nitrogen and oxygen atoms in total. The number of ether oxygens (including phenoxy) is 1. The maximum atomic E-state index is 10.5. The molecule has 0 saturated carbocycles. The molecule has 0 fully saturated rings. The number of benzene rings is 2. The quantitative estimate of drug-likeness (QED) is 0.469. The van der Waals surface area contributed by atoms with Gasteiger partial charge in [-0.25, -0.2) is 0 Å². The van der Waals surface area contributed by atoms with Crippen molar-refractivity contribution >= 4 is 5.69 Å². The van der Waals surface area contributed by atoms with Crippen LogP contribution in [0.2, 0.25) is 0 Å². The van der Waals surface area contributed by atoms with Gasteiger partial charge in [0.2, 0.25) is 0 Å². The van der Waals surface area contributed by atoms with Crippen molar-refractivity contribution in [3.63, 3.8) is 0 Å². The number of nitrogens with zero attached hydrogens (tertiary/aromatic N) is 1. The molecule has 0 bridgehead atoms. The molecular weight excluding hydrogens is 242 g/mol. The lowest BCUT2D eigenvalue weighted by molar-refractivity contribution is -0.384. The zero-order valence-electron chi connectivity index (χ0n) is 10.3. The van der Waals surface area contributed by atoms with E-state index in [1.807, 2.05) is 24.3 Å². The molecule has 0 unspecified atom stereocenters. The van der Waals surface area contributed by atoms with E-state index in [2.05, 4.69) is 11.8 Å². The third-order valence-electron chi connectivity index (χ3n) is 2.52. The van der Waals surface area contributed by atoms with E-state index in [1.54, 1.807) is 19.2 Å². The first kappa shape index (κ1) is 12.7. The van der Waals surface area contributed by atoms with Crippen molar-refractivity contribution in [3.05, 3.63) is 69.8 Å². The fraction of sp³-hybridized carbons (Fsp3) is 0.0667. The van der Waals surface area contributed by atoms with Crippen molar-refractivity contribution in [1.82, 2.24) is 0 Å². The van der Waals surface area contributed by atoms with Crippen LogP contribution in [0.3, 0.4) is 0 Å². The van der Waals surface area contributed by atoms with Crippen LogP contribution in [0.4, 0.5) is 5.69 Å². The third kappa shape index (κ3) is 3.33. The summed E-state index contributed by atoms with van der Waals surface area (Å²) in [6.07, 6.45) is 0. The first-order valence-corrected chi connectivity index (χ1v) is 5.59. The minimum absolute atomic E-state index is 0.0648. The fourth-order valence-electron chi connectivity index (χ4n) is 1.49. The van der Waals surface area contributed by atoms with Crippen LogP contribution in [0, 0.1) is 22.0 Å². The molecule has 0 aliphatic heterocycles. The lowest BCUT2D eigenvalue weighted by atomic mass is 10.1. The maximum absolute atomic E-state index is 10.5. The van der Waals surface area contributed by atoms with Gasteiger partial charge < -0.3 is 4.74 Å². The molecule has 2 rings (SSSR count). The summed E-state index contributed by atoms with van der Waals surface area (Å²) in [4.78, 5) is 10.1. The third-order valence-corrected chi connectivity index (χ3v) is 2.52. The van der Waals surface area contributed by atoms with Gasteiger partial charge in [0.15, 0.2) is 0 Å². The van der Waals surface area contributed by atoms with Gasteiger partial charge in [0, 0.05) is 23.3 Å². The first-order chi connectivity index (χ1) is 9.19. The Kier molecular flexibility index (Phi) is 3.79. The number of hydrogen-bond acceptors (Lipinski definition) is 3. The summed E-state index contributed by atoms with van der Waals surface area (Å²) < 4.78 is 5.06. The second-order valence-corrected chi connectivity index (χ2v) is 3.78. The standard InChI is InChI=1S/C15H11NO3/c1-19-15-10-6-13(7-11-15)3-2-12-4-8-14(9-5-12)16(17)18/h4-11H,1H3. The Morgan fingerprint density at radius 2 is 1.42 bits per heavy atom. The molecule has 0 atom stereocenters. The number of nitro groups is 1. The van der Waals surface area contributed by atoms with Crippen molar-refractivity contribution in [3.8, 4) is 17.6 Å². The topological polar surface area (TPSA) is 52.4 Å². The average molecular weight is 253 g/mol. The molecule has 0 N–H and O–H groups in total. The lowest BCUT2D eigenvalue weighted by Gasteiger charge is -1.97. The number of hydrogen-bond donors (Lipinski definition) is 0. The molecule has 19 heavy (non-hydrogen) atoms. The van der Waals surface area contributed by atoms with E-state index in [0.717, 1.165) is 16.9 Å². The second kappa shape index (κ2) is 5.69. The van der Waals surface area contributed by atoms with Gasteiger partial charge in [-0.05, 0) is 36.4 Å². The lowest BCUT2D eigenvalue weighted by Crippen LogP contribution is -1.87. The number of rotatable bonds is 2. The Bertz CT molecular complexity index is 634. The molecule has 4 heteroatoms. The molecule has 94 valence electrons. The first-order valence-electron chi connectivity index (χ1n) is 5.59. The average Bonchev–Trinajstić information content (AvgIpc) is 2.46. The van der Waals surface area contributed by atoms with Gasteiger partial charge in [-0.2, -0.15) is 0 Å². The Morgan fingerprint density at radius 1 is 0.947 bits per heavy atom. The Hall–Kier alpha value is -2.80. The number of non-ortho nitro benzene ring substituents is 1. The molecule has 0 radical (unpaired) electrons. The summed E-state index contributed by atoms with van der Waals surface area (Å²) in [6, 6.07) is 13.5. The SMILES string of the molecule is COc1ccc(C#Cc2ccc([N+](=O)[O-])cc2)cc1. The Balaban J connectivity index is 2.16. The maximum Gasteiger partial charge on any atom is 0.269 e. The van der Waals surface area contributed by atoms with Gasteiger partial charge in [0.25, 0.3) is 5.69 Å². The monoisotopic (exact) mass is 253 g/mol. The molecule has 0 aromatic heterocycles. The van der Waals surface area contributed by atoms with Gasteiger partial charge in [0.1, 0.15) is 5.75 Å². The van der Waals surface area contributed by atoms with E-state index in [-0.39, 0.29) is 5.69 Å². The van der Waals surface area contributed by atoms with Crippen molar-refractivity contribution < 1.29 is 9.66 Å². The van der Waals surface area contributed by atoms with Crippen LogP contribution in [0.25, 0.3) is 0 Å². The molecule has 2 aromatic rings. The zero-order valence-corrected chi connectivity index (χ0v) is 10.3. The smallest absolute Gasteiger partial charge is 0.269 e. The van der Waals surface area contributed by atoms with Crippen LogP contribution in [0.5, 0.6) is 5.75 Å². The van der Waals surface area contributed by atoms with E-state index in [0.29, 0.717) is 0 Å². The van der Waals surface area contributed by atoms with Crippen LogP contribution >= 0.6 is 0 Å². The number of methoxy groups -OCH3 is 1. The van der Waals surface area contributed by atoms with Crippen molar-refractivity contribution in [2.75, 3.05) is 7.11 Å². The highest BCUT2D eigenvalue weighted by molar-refractivity contribution is 5.46. The fourth-order valence-corrected chi connectivity index (χ4v) is 1.49. The van der Waals surface area contributed by atoms with Gasteiger partial charge in [-0.1, -0.05) is 11.8 Å². The van der Waals surface area contributed by atoms with Gasteiger partial charge >= 0.3 is 0 Å². The molecule has 0 amide bonds. The van der Waals surface area contributed by atoms with E-state index >= 15 is 0 Å². The predicted molar refractivity (Wildman–Crippen MR) is 72.1 cm³/mol. The van der Waals surface area contributed by atoms with Crippen LogP contribution < -0.4 is 4.74 Å². The van der Waals surface area contributed by atoms with Crippen molar-refractivity contribution in [2.45, 2.75) is 0 Å². The highest BCUT2D eigenvalue weighted by Gasteiger charge is 2.02. The van der Waals surface area contributed by atoms with Gasteiger partial charge in [-0.3, -0.25) is 10.1 Å². The van der Waals surface area contributed by atoms with Gasteiger partial charge in [0.05, 0.1) is 12.0 Å². The molecule has 0 aliphatic rings. The minimum atomic E-state index is -0.430. The zero-order chi connectivity index (χ0) is 13.7. The minimum Gasteiger partial charge on any atom is -0.497 e. The molecule has 0 aliphatic carbocycles. The van der Waals surface area contributed by atoms with E-state index in [1.165, 1.54) is 12.1 Å². The normalized spacial score (nSPS) is 9.32. The van der Waals surface area contributed by atoms with Crippen LogP contribution in [-0.4, -0.2) is 12.0 Å². The van der Waals surface area contributed by atoms with Crippen molar-refractivity contribution in [1.29, 1.82) is 0 Å². The highest BCUT2D eigenvalue weighted by Crippen LogP contribution is 2.12. The summed E-state index contributed by atoms with van der Waals surface area (Å²) in [6.45, 7) is 0. The number of nitro benzene ring substituents is 1. The summed E-state index contributed by atoms with van der Waals surface area (Å²) in [7, 11) is 1.61. The van der Waals surface area contributed by atoms with E-state index < -0.39 is 4.92 Å². The van der Waals surface area contributed by atoms with E-state index in [4.69, 9.17) is 4.74 Å². The summed E-state index contributed by atoms with van der Waals surface area (Å²) in [5.41, 5.74) is 1.66. The molecule has 0 heterocycles. The summed E-state index contributed by atoms with van der Waals surface area (Å²) >= 11 is 0. The second-order valence-electron chi connectivity index (χ2n) is 3.78. The molecular formula is C15H11NO3. The van der Waals surface area contributed by atoms with Gasteiger partial charge in [-0.15, -0.1) is 0 Å². The largest absolute Gasteiger partial charge is 0.497 e. The van der Waals surface area contributed by atoms with Crippen molar-refractivity contribution in [2.24, 2.45) is 0 Å².